The second-order valence-electron chi connectivity index (χ2n) is 5.57. The number of aliphatic hydroxyl groups excluding tert-OH is 2. The number of benzene rings is 1. The Labute approximate surface area is 124 Å². The second kappa shape index (κ2) is 6.45. The molecule has 106 valence electrons. The highest BCUT2D eigenvalue weighted by atomic mass is 35.5. The van der Waals surface area contributed by atoms with Crippen molar-refractivity contribution in [2.45, 2.75) is 32.1 Å². The molecule has 1 saturated carbocycles. The van der Waals surface area contributed by atoms with Gasteiger partial charge in [-0.2, -0.15) is 0 Å². The minimum Gasteiger partial charge on any atom is -0.396 e. The van der Waals surface area contributed by atoms with Gasteiger partial charge in [0.25, 0.3) is 0 Å². The Morgan fingerprint density at radius 2 is 1.74 bits per heavy atom. The predicted octanol–water partition coefficient (Wildman–Crippen LogP) is 3.70. The fourth-order valence-electron chi connectivity index (χ4n) is 3.16. The summed E-state index contributed by atoms with van der Waals surface area (Å²) in [6.07, 6.45) is 5.06. The molecule has 1 aromatic carbocycles. The van der Waals surface area contributed by atoms with Gasteiger partial charge in [0, 0.05) is 15.5 Å². The lowest BCUT2D eigenvalue weighted by molar-refractivity contribution is 0.00572. The fraction of sp³-hybridized carbons (Fsp3) is 0.600. The first-order valence-electron chi connectivity index (χ1n) is 6.77. The summed E-state index contributed by atoms with van der Waals surface area (Å²) in [4.78, 5) is 0. The lowest BCUT2D eigenvalue weighted by Gasteiger charge is -2.36. The molecule has 2 rings (SSSR count). The van der Waals surface area contributed by atoms with Crippen LogP contribution in [0.4, 0.5) is 0 Å². The van der Waals surface area contributed by atoms with Gasteiger partial charge in [0.05, 0.1) is 13.2 Å². The third-order valence-corrected chi connectivity index (χ3v) is 5.01. The number of halogens is 2. The van der Waals surface area contributed by atoms with Crippen molar-refractivity contribution in [2.75, 3.05) is 13.2 Å². The summed E-state index contributed by atoms with van der Waals surface area (Å²) in [5, 5.41) is 20.9. The Morgan fingerprint density at radius 3 is 2.32 bits per heavy atom. The van der Waals surface area contributed by atoms with Crippen molar-refractivity contribution in [3.8, 4) is 0 Å². The van der Waals surface area contributed by atoms with Gasteiger partial charge in [-0.3, -0.25) is 0 Å². The van der Waals surface area contributed by atoms with Gasteiger partial charge in [0.15, 0.2) is 0 Å². The molecule has 1 fully saturated rings. The smallest absolute Gasteiger partial charge is 0.0515 e. The molecule has 0 bridgehead atoms. The van der Waals surface area contributed by atoms with Crippen molar-refractivity contribution < 1.29 is 10.2 Å². The van der Waals surface area contributed by atoms with Crippen LogP contribution in [0, 0.1) is 11.3 Å². The van der Waals surface area contributed by atoms with Crippen LogP contribution in [0.25, 0.3) is 0 Å². The average Bonchev–Trinajstić information content (AvgIpc) is 2.94. The van der Waals surface area contributed by atoms with Gasteiger partial charge in [-0.25, -0.2) is 0 Å². The molecular formula is C15H20Cl2O2. The highest BCUT2D eigenvalue weighted by Crippen LogP contribution is 2.43. The van der Waals surface area contributed by atoms with Gasteiger partial charge < -0.3 is 10.2 Å². The van der Waals surface area contributed by atoms with E-state index in [0.29, 0.717) is 22.4 Å². The lowest BCUT2D eigenvalue weighted by Crippen LogP contribution is -2.39. The van der Waals surface area contributed by atoms with Crippen molar-refractivity contribution in [1.82, 2.24) is 0 Å². The minimum atomic E-state index is -0.481. The average molecular weight is 303 g/mol. The summed E-state index contributed by atoms with van der Waals surface area (Å²) in [6, 6.07) is 5.36. The van der Waals surface area contributed by atoms with E-state index in [1.807, 2.05) is 6.07 Å². The van der Waals surface area contributed by atoms with Crippen LogP contribution in [0.3, 0.4) is 0 Å². The first-order valence-corrected chi connectivity index (χ1v) is 7.52. The van der Waals surface area contributed by atoms with E-state index in [-0.39, 0.29) is 13.2 Å². The Hall–Kier alpha value is -0.280. The minimum absolute atomic E-state index is 0.0169. The molecule has 0 aliphatic heterocycles. The van der Waals surface area contributed by atoms with E-state index in [4.69, 9.17) is 23.2 Å². The van der Waals surface area contributed by atoms with E-state index >= 15 is 0 Å². The first-order chi connectivity index (χ1) is 9.11. The molecule has 0 aromatic heterocycles. The van der Waals surface area contributed by atoms with Crippen LogP contribution in [0.2, 0.25) is 10.0 Å². The van der Waals surface area contributed by atoms with Crippen LogP contribution in [0.5, 0.6) is 0 Å². The maximum Gasteiger partial charge on any atom is 0.0515 e. The molecule has 0 radical (unpaired) electrons. The molecule has 4 heteroatoms. The van der Waals surface area contributed by atoms with Crippen LogP contribution in [0.15, 0.2) is 18.2 Å². The quantitative estimate of drug-likeness (QED) is 0.871. The predicted molar refractivity (Wildman–Crippen MR) is 78.7 cm³/mol. The molecule has 2 nitrogen and oxygen atoms in total. The maximum atomic E-state index is 9.82. The molecule has 1 aromatic rings. The highest BCUT2D eigenvalue weighted by molar-refractivity contribution is 6.33. The first kappa shape index (κ1) is 15.1. The lowest BCUT2D eigenvalue weighted by atomic mass is 9.71. The highest BCUT2D eigenvalue weighted by Gasteiger charge is 2.39. The third-order valence-electron chi connectivity index (χ3n) is 4.40. The van der Waals surface area contributed by atoms with Crippen molar-refractivity contribution >= 4 is 23.2 Å². The number of hydrogen-bond acceptors (Lipinski definition) is 2. The molecular weight excluding hydrogens is 283 g/mol. The van der Waals surface area contributed by atoms with Gasteiger partial charge in [-0.05, 0) is 48.9 Å². The van der Waals surface area contributed by atoms with Gasteiger partial charge >= 0.3 is 0 Å². The van der Waals surface area contributed by atoms with E-state index in [0.717, 1.165) is 18.4 Å². The monoisotopic (exact) mass is 302 g/mol. The van der Waals surface area contributed by atoms with Gasteiger partial charge in [-0.1, -0.05) is 36.0 Å². The Bertz CT molecular complexity index is 424. The van der Waals surface area contributed by atoms with E-state index in [1.54, 1.807) is 12.1 Å². The summed E-state index contributed by atoms with van der Waals surface area (Å²) < 4.78 is 0. The topological polar surface area (TPSA) is 40.5 Å². The summed E-state index contributed by atoms with van der Waals surface area (Å²) in [6.45, 7) is -0.0337. The summed E-state index contributed by atoms with van der Waals surface area (Å²) in [5.74, 6) is 0.359. The summed E-state index contributed by atoms with van der Waals surface area (Å²) in [5.41, 5.74) is 0.425. The SMILES string of the molecule is OCC(CO)(Cc1cc(Cl)ccc1Cl)C1CCCC1. The number of aliphatic hydroxyl groups is 2. The van der Waals surface area contributed by atoms with Crippen molar-refractivity contribution in [1.29, 1.82) is 0 Å². The van der Waals surface area contributed by atoms with E-state index in [1.165, 1.54) is 12.8 Å². The zero-order valence-electron chi connectivity index (χ0n) is 10.9. The van der Waals surface area contributed by atoms with Crippen molar-refractivity contribution in [2.24, 2.45) is 11.3 Å². The van der Waals surface area contributed by atoms with Crippen LogP contribution >= 0.6 is 23.2 Å². The standard InChI is InChI=1S/C15H20Cl2O2/c16-13-5-6-14(17)11(7-13)8-15(9-18,10-19)12-3-1-2-4-12/h5-7,12,18-19H,1-4,8-10H2. The van der Waals surface area contributed by atoms with Gasteiger partial charge in [0.2, 0.25) is 0 Å². The summed E-state index contributed by atoms with van der Waals surface area (Å²) in [7, 11) is 0. The van der Waals surface area contributed by atoms with Crippen LogP contribution in [-0.4, -0.2) is 23.4 Å². The Morgan fingerprint density at radius 1 is 1.11 bits per heavy atom. The van der Waals surface area contributed by atoms with Crippen LogP contribution in [0.1, 0.15) is 31.2 Å². The van der Waals surface area contributed by atoms with Crippen LogP contribution < -0.4 is 0 Å². The number of rotatable bonds is 5. The molecule has 0 unspecified atom stereocenters. The molecule has 2 N–H and O–H groups in total. The van der Waals surface area contributed by atoms with Crippen LogP contribution in [-0.2, 0) is 6.42 Å². The third kappa shape index (κ3) is 3.25. The normalized spacial score (nSPS) is 17.1. The molecule has 0 spiro atoms. The molecule has 1 aliphatic rings. The van der Waals surface area contributed by atoms with Gasteiger partial charge in [-0.15, -0.1) is 0 Å². The zero-order chi connectivity index (χ0) is 13.9. The van der Waals surface area contributed by atoms with E-state index in [2.05, 4.69) is 0 Å². The Balaban J connectivity index is 2.27. The summed E-state index contributed by atoms with van der Waals surface area (Å²) >= 11 is 12.2. The molecule has 0 saturated heterocycles. The maximum absolute atomic E-state index is 9.82. The Kier molecular flexibility index (Phi) is 5.13. The fourth-order valence-corrected chi connectivity index (χ4v) is 3.54. The largest absolute Gasteiger partial charge is 0.396 e. The molecule has 0 atom stereocenters. The van der Waals surface area contributed by atoms with Crippen molar-refractivity contribution in [3.63, 3.8) is 0 Å². The second-order valence-corrected chi connectivity index (χ2v) is 6.42. The molecule has 19 heavy (non-hydrogen) atoms. The molecule has 0 heterocycles. The van der Waals surface area contributed by atoms with E-state index in [9.17, 15) is 10.2 Å². The van der Waals surface area contributed by atoms with Gasteiger partial charge in [0.1, 0.15) is 0 Å². The molecule has 1 aliphatic carbocycles. The molecule has 0 amide bonds. The zero-order valence-corrected chi connectivity index (χ0v) is 12.4. The van der Waals surface area contributed by atoms with E-state index < -0.39 is 5.41 Å². The van der Waals surface area contributed by atoms with Crippen molar-refractivity contribution in [3.05, 3.63) is 33.8 Å². The number of hydrogen-bond donors (Lipinski definition) is 2.